The second-order valence-electron chi connectivity index (χ2n) is 4.78. The van der Waals surface area contributed by atoms with E-state index in [2.05, 4.69) is 26.5 Å². The zero-order valence-electron chi connectivity index (χ0n) is 13.1. The van der Waals surface area contributed by atoms with Gasteiger partial charge in [-0.3, -0.25) is 4.79 Å². The van der Waals surface area contributed by atoms with Crippen molar-refractivity contribution in [2.24, 2.45) is 5.10 Å². The fraction of sp³-hybridized carbons (Fsp3) is 0.118. The van der Waals surface area contributed by atoms with Gasteiger partial charge in [0.25, 0.3) is 5.91 Å². The Morgan fingerprint density at radius 2 is 2.24 bits per heavy atom. The number of hydrogen-bond acceptors (Lipinski definition) is 5. The molecule has 0 bridgehead atoms. The molecule has 0 saturated heterocycles. The van der Waals surface area contributed by atoms with Crippen LogP contribution in [0.25, 0.3) is 0 Å². The predicted molar refractivity (Wildman–Crippen MR) is 93.2 cm³/mol. The molecule has 8 heteroatoms. The second-order valence-corrected chi connectivity index (χ2v) is 5.63. The zero-order chi connectivity index (χ0) is 18.4. The first-order chi connectivity index (χ1) is 12.0. The van der Waals surface area contributed by atoms with Gasteiger partial charge in [0.15, 0.2) is 11.5 Å². The molecule has 0 aliphatic rings. The second kappa shape index (κ2) is 8.26. The summed E-state index contributed by atoms with van der Waals surface area (Å²) >= 11 is 3.26. The van der Waals surface area contributed by atoms with Crippen LogP contribution in [0, 0.1) is 17.1 Å². The third-order valence-electron chi connectivity index (χ3n) is 3.09. The van der Waals surface area contributed by atoms with E-state index in [9.17, 15) is 14.3 Å². The smallest absolute Gasteiger partial charge is 0.274 e. The minimum Gasteiger partial charge on any atom is -0.504 e. The highest BCUT2D eigenvalue weighted by Gasteiger charge is 2.12. The molecule has 0 aliphatic heterocycles. The monoisotopic (exact) mass is 405 g/mol. The highest BCUT2D eigenvalue weighted by Crippen LogP contribution is 2.31. The van der Waals surface area contributed by atoms with Crippen molar-refractivity contribution >= 4 is 28.1 Å². The fourth-order valence-electron chi connectivity index (χ4n) is 1.92. The summed E-state index contributed by atoms with van der Waals surface area (Å²) in [5.41, 5.74) is 2.64. The molecule has 0 spiro atoms. The molecule has 0 radical (unpaired) electrons. The number of hydrazone groups is 1. The Labute approximate surface area is 151 Å². The molecule has 2 rings (SSSR count). The van der Waals surface area contributed by atoms with Crippen molar-refractivity contribution in [3.05, 3.63) is 57.3 Å². The summed E-state index contributed by atoms with van der Waals surface area (Å²) in [6, 6.07) is 8.29. The Bertz CT molecular complexity index is 878. The molecule has 0 atom stereocenters. The molecule has 25 heavy (non-hydrogen) atoms. The van der Waals surface area contributed by atoms with E-state index in [0.717, 1.165) is 6.07 Å². The average molecular weight is 406 g/mol. The van der Waals surface area contributed by atoms with Crippen LogP contribution in [0.4, 0.5) is 4.39 Å². The normalized spacial score (nSPS) is 10.5. The summed E-state index contributed by atoms with van der Waals surface area (Å²) in [7, 11) is 0. The van der Waals surface area contributed by atoms with Gasteiger partial charge in [0.1, 0.15) is 5.82 Å². The van der Waals surface area contributed by atoms with E-state index >= 15 is 0 Å². The molecule has 2 aromatic carbocycles. The van der Waals surface area contributed by atoms with E-state index in [4.69, 9.17) is 10.00 Å². The first kappa shape index (κ1) is 18.4. The largest absolute Gasteiger partial charge is 0.504 e. The van der Waals surface area contributed by atoms with E-state index < -0.39 is 11.7 Å². The van der Waals surface area contributed by atoms with E-state index in [1.165, 1.54) is 24.4 Å². The van der Waals surface area contributed by atoms with Gasteiger partial charge in [0.05, 0.1) is 30.0 Å². The van der Waals surface area contributed by atoms with Gasteiger partial charge in [0.2, 0.25) is 0 Å². The van der Waals surface area contributed by atoms with Crippen LogP contribution in [-0.4, -0.2) is 23.8 Å². The van der Waals surface area contributed by atoms with Gasteiger partial charge >= 0.3 is 0 Å². The molecule has 2 N–H and O–H groups in total. The lowest BCUT2D eigenvalue weighted by molar-refractivity contribution is 0.0951. The van der Waals surface area contributed by atoms with Crippen molar-refractivity contribution < 1.29 is 19.0 Å². The molecule has 0 saturated carbocycles. The number of benzene rings is 2. The number of aromatic hydroxyl groups is 1. The number of phenols is 1. The standard InChI is InChI=1S/C17H13BrFN3O3/c1-2-25-16-6-11(13(18)7-15(16)23)9-21-22-17(24)12-4-3-10(8-20)5-14(12)19/h3-7,9,23H,2H2,1H3,(H,22,24)/b21-9-. The third kappa shape index (κ3) is 4.55. The number of nitriles is 1. The van der Waals surface area contributed by atoms with E-state index in [1.807, 2.05) is 0 Å². The van der Waals surface area contributed by atoms with E-state index in [-0.39, 0.29) is 22.6 Å². The summed E-state index contributed by atoms with van der Waals surface area (Å²) in [4.78, 5) is 11.9. The lowest BCUT2D eigenvalue weighted by Crippen LogP contribution is -2.19. The van der Waals surface area contributed by atoms with Gasteiger partial charge in [-0.15, -0.1) is 0 Å². The van der Waals surface area contributed by atoms with Gasteiger partial charge in [-0.2, -0.15) is 10.4 Å². The summed E-state index contributed by atoms with van der Waals surface area (Å²) < 4.78 is 19.6. The molecule has 1 amide bonds. The predicted octanol–water partition coefficient (Wildman–Crippen LogP) is 3.33. The quantitative estimate of drug-likeness (QED) is 0.588. The summed E-state index contributed by atoms with van der Waals surface area (Å²) in [5.74, 6) is -1.32. The number of amides is 1. The number of nitrogens with zero attached hydrogens (tertiary/aromatic N) is 2. The molecule has 128 valence electrons. The Morgan fingerprint density at radius 3 is 2.88 bits per heavy atom. The van der Waals surface area contributed by atoms with Crippen molar-refractivity contribution in [2.75, 3.05) is 6.61 Å². The maximum absolute atomic E-state index is 13.8. The van der Waals surface area contributed by atoms with Gasteiger partial charge in [-0.1, -0.05) is 0 Å². The molecule has 0 aromatic heterocycles. The van der Waals surface area contributed by atoms with Crippen LogP contribution < -0.4 is 10.2 Å². The number of carbonyl (C=O) groups is 1. The molecule has 2 aromatic rings. The number of ether oxygens (including phenoxy) is 1. The van der Waals surface area contributed by atoms with Gasteiger partial charge in [-0.25, -0.2) is 9.82 Å². The van der Waals surface area contributed by atoms with Gasteiger partial charge < -0.3 is 9.84 Å². The maximum atomic E-state index is 13.8. The zero-order valence-corrected chi connectivity index (χ0v) is 14.7. The van der Waals surface area contributed by atoms with Gasteiger partial charge in [-0.05, 0) is 53.2 Å². The van der Waals surface area contributed by atoms with Crippen molar-refractivity contribution in [1.82, 2.24) is 5.43 Å². The summed E-state index contributed by atoms with van der Waals surface area (Å²) in [6.07, 6.45) is 1.32. The summed E-state index contributed by atoms with van der Waals surface area (Å²) in [6.45, 7) is 2.15. The molecule has 0 unspecified atom stereocenters. The first-order valence-corrected chi connectivity index (χ1v) is 7.94. The van der Waals surface area contributed by atoms with Crippen LogP contribution in [0.3, 0.4) is 0 Å². The van der Waals surface area contributed by atoms with E-state index in [0.29, 0.717) is 16.6 Å². The van der Waals surface area contributed by atoms with Crippen molar-refractivity contribution in [3.8, 4) is 17.6 Å². The molecule has 6 nitrogen and oxygen atoms in total. The van der Waals surface area contributed by atoms with Crippen molar-refractivity contribution in [3.63, 3.8) is 0 Å². The Balaban J connectivity index is 2.14. The SMILES string of the molecule is CCOc1cc(/C=N\NC(=O)c2ccc(C#N)cc2F)c(Br)cc1O. The minimum atomic E-state index is -0.809. The van der Waals surface area contributed by atoms with E-state index in [1.54, 1.807) is 19.1 Å². The summed E-state index contributed by atoms with van der Waals surface area (Å²) in [5, 5.41) is 22.2. The van der Waals surface area contributed by atoms with Crippen LogP contribution in [0.1, 0.15) is 28.4 Å². The molecule has 0 heterocycles. The van der Waals surface area contributed by atoms with Crippen LogP contribution in [0.5, 0.6) is 11.5 Å². The number of hydrogen-bond donors (Lipinski definition) is 2. The highest BCUT2D eigenvalue weighted by atomic mass is 79.9. The van der Waals surface area contributed by atoms with Crippen molar-refractivity contribution in [2.45, 2.75) is 6.92 Å². The van der Waals surface area contributed by atoms with Crippen molar-refractivity contribution in [1.29, 1.82) is 5.26 Å². The van der Waals surface area contributed by atoms with Crippen LogP contribution in [0.15, 0.2) is 39.9 Å². The highest BCUT2D eigenvalue weighted by molar-refractivity contribution is 9.10. The lowest BCUT2D eigenvalue weighted by atomic mass is 10.1. The Hall–Kier alpha value is -2.92. The average Bonchev–Trinajstić information content (AvgIpc) is 2.58. The number of carbonyl (C=O) groups excluding carboxylic acids is 1. The fourth-order valence-corrected chi connectivity index (χ4v) is 2.35. The molecular weight excluding hydrogens is 393 g/mol. The first-order valence-electron chi connectivity index (χ1n) is 7.14. The third-order valence-corrected chi connectivity index (χ3v) is 3.78. The molecular formula is C17H13BrFN3O3. The maximum Gasteiger partial charge on any atom is 0.274 e. The number of halogens is 2. The van der Waals surface area contributed by atoms with Crippen LogP contribution in [-0.2, 0) is 0 Å². The lowest BCUT2D eigenvalue weighted by Gasteiger charge is -2.08. The minimum absolute atomic E-state index is 0.0328. The molecule has 0 aliphatic carbocycles. The number of rotatable bonds is 5. The molecule has 0 fully saturated rings. The van der Waals surface area contributed by atoms with Gasteiger partial charge in [0, 0.05) is 10.0 Å². The topological polar surface area (TPSA) is 94.7 Å². The number of nitrogens with one attached hydrogen (secondary N) is 1. The number of phenolic OH excluding ortho intramolecular Hbond substituents is 1. The Morgan fingerprint density at radius 1 is 1.48 bits per heavy atom. The van der Waals surface area contributed by atoms with Crippen LogP contribution >= 0.6 is 15.9 Å². The Kier molecular flexibility index (Phi) is 6.08. The van der Waals surface area contributed by atoms with Crippen LogP contribution in [0.2, 0.25) is 0 Å².